The summed E-state index contributed by atoms with van der Waals surface area (Å²) in [7, 11) is 0. The minimum Gasteiger partial charge on any atom is -0.396 e. The van der Waals surface area contributed by atoms with Crippen molar-refractivity contribution in [3.05, 3.63) is 0 Å². The molecule has 0 aliphatic heterocycles. The lowest BCUT2D eigenvalue weighted by Gasteiger charge is -2.28. The normalized spacial score (nSPS) is 11.5. The van der Waals surface area contributed by atoms with Crippen molar-refractivity contribution in [2.24, 2.45) is 5.73 Å². The maximum atomic E-state index is 9.09. The van der Waals surface area contributed by atoms with Crippen molar-refractivity contribution < 1.29 is 10.2 Å². The fourth-order valence-corrected chi connectivity index (χ4v) is 3.67. The van der Waals surface area contributed by atoms with Crippen molar-refractivity contribution in [1.29, 1.82) is 0 Å². The Balaban J connectivity index is 0. The SMILES string of the molecule is CCCCCCCCCCCCCCCCCC(N)(CCO)CCO.Cl. The van der Waals surface area contributed by atoms with Crippen LogP contribution >= 0.6 is 12.4 Å². The largest absolute Gasteiger partial charge is 0.396 e. The van der Waals surface area contributed by atoms with E-state index < -0.39 is 0 Å². The number of nitrogens with two attached hydrogens (primary N) is 1. The van der Waals surface area contributed by atoms with Crippen LogP contribution in [0.25, 0.3) is 0 Å². The standard InChI is InChI=1S/C22H47NO2.ClH/c1-2-3-4-5-6-7-8-9-10-11-12-13-14-15-16-17-22(23,18-20-24)19-21-25;/h24-25H,2-21,23H2,1H3;1H. The van der Waals surface area contributed by atoms with Crippen LogP contribution < -0.4 is 5.73 Å². The molecule has 0 rings (SSSR count). The summed E-state index contributed by atoms with van der Waals surface area (Å²) in [4.78, 5) is 0. The minimum atomic E-state index is -0.361. The van der Waals surface area contributed by atoms with Gasteiger partial charge in [-0.2, -0.15) is 0 Å². The van der Waals surface area contributed by atoms with E-state index in [0.717, 1.165) is 12.8 Å². The van der Waals surface area contributed by atoms with Crippen LogP contribution in [0.1, 0.15) is 122 Å². The molecular weight excluding hydrogens is 346 g/mol. The van der Waals surface area contributed by atoms with Gasteiger partial charge in [0.25, 0.3) is 0 Å². The summed E-state index contributed by atoms with van der Waals surface area (Å²) in [5.41, 5.74) is 5.89. The molecule has 0 fully saturated rings. The van der Waals surface area contributed by atoms with Crippen molar-refractivity contribution >= 4 is 12.4 Å². The maximum Gasteiger partial charge on any atom is 0.0448 e. The van der Waals surface area contributed by atoms with E-state index >= 15 is 0 Å². The van der Waals surface area contributed by atoms with E-state index in [1.807, 2.05) is 0 Å². The third kappa shape index (κ3) is 18.9. The Kier molecular flexibility index (Phi) is 23.4. The summed E-state index contributed by atoms with van der Waals surface area (Å²) in [5.74, 6) is 0. The van der Waals surface area contributed by atoms with Crippen LogP contribution in [0.4, 0.5) is 0 Å². The Bertz CT molecular complexity index is 259. The average molecular weight is 394 g/mol. The molecule has 4 N–H and O–H groups in total. The van der Waals surface area contributed by atoms with Gasteiger partial charge < -0.3 is 15.9 Å². The molecule has 0 aliphatic rings. The van der Waals surface area contributed by atoms with Gasteiger partial charge in [-0.3, -0.25) is 0 Å². The Morgan fingerprint density at radius 1 is 0.538 bits per heavy atom. The Morgan fingerprint density at radius 2 is 0.846 bits per heavy atom. The first-order chi connectivity index (χ1) is 12.2. The van der Waals surface area contributed by atoms with Gasteiger partial charge in [-0.05, 0) is 19.3 Å². The molecule has 0 radical (unpaired) electrons. The molecule has 26 heavy (non-hydrogen) atoms. The van der Waals surface area contributed by atoms with Gasteiger partial charge in [-0.15, -0.1) is 12.4 Å². The molecule has 0 bridgehead atoms. The van der Waals surface area contributed by atoms with Crippen LogP contribution in [0.15, 0.2) is 0 Å². The first kappa shape index (κ1) is 28.4. The predicted molar refractivity (Wildman–Crippen MR) is 117 cm³/mol. The van der Waals surface area contributed by atoms with E-state index in [1.165, 1.54) is 89.9 Å². The summed E-state index contributed by atoms with van der Waals surface area (Å²) in [6, 6.07) is 0. The predicted octanol–water partition coefficient (Wildman–Crippen LogP) is 6.13. The molecule has 0 unspecified atom stereocenters. The molecule has 0 amide bonds. The fraction of sp³-hybridized carbons (Fsp3) is 1.00. The Morgan fingerprint density at radius 3 is 1.15 bits per heavy atom. The summed E-state index contributed by atoms with van der Waals surface area (Å²) in [5, 5.41) is 18.2. The molecule has 0 aromatic heterocycles. The first-order valence-corrected chi connectivity index (χ1v) is 11.2. The zero-order chi connectivity index (χ0) is 18.6. The van der Waals surface area contributed by atoms with Crippen LogP contribution in [0, 0.1) is 0 Å². The molecule has 0 saturated heterocycles. The molecule has 0 saturated carbocycles. The number of unbranched alkanes of at least 4 members (excludes halogenated alkanes) is 14. The van der Waals surface area contributed by atoms with Crippen LogP contribution in [-0.2, 0) is 0 Å². The van der Waals surface area contributed by atoms with E-state index in [-0.39, 0.29) is 31.2 Å². The average Bonchev–Trinajstić information content (AvgIpc) is 2.59. The van der Waals surface area contributed by atoms with Gasteiger partial charge >= 0.3 is 0 Å². The van der Waals surface area contributed by atoms with E-state index in [9.17, 15) is 0 Å². The quantitative estimate of drug-likeness (QED) is 0.218. The molecule has 0 spiro atoms. The van der Waals surface area contributed by atoms with Gasteiger partial charge in [-0.1, -0.05) is 103 Å². The third-order valence-corrected chi connectivity index (χ3v) is 5.50. The maximum absolute atomic E-state index is 9.09. The number of halogens is 1. The third-order valence-electron chi connectivity index (χ3n) is 5.50. The molecule has 0 aliphatic carbocycles. The summed E-state index contributed by atoms with van der Waals surface area (Å²) < 4.78 is 0. The second-order valence-electron chi connectivity index (χ2n) is 8.01. The van der Waals surface area contributed by atoms with Gasteiger partial charge in [0.2, 0.25) is 0 Å². The summed E-state index contributed by atoms with van der Waals surface area (Å²) in [6.45, 7) is 2.52. The van der Waals surface area contributed by atoms with Crippen molar-refractivity contribution in [3.8, 4) is 0 Å². The molecule has 0 heterocycles. The molecule has 0 aromatic carbocycles. The second kappa shape index (κ2) is 21.5. The number of aliphatic hydroxyl groups is 2. The molecule has 0 aromatic rings. The van der Waals surface area contributed by atoms with Crippen LogP contribution in [0.2, 0.25) is 0 Å². The minimum absolute atomic E-state index is 0. The van der Waals surface area contributed by atoms with Gasteiger partial charge in [0.05, 0.1) is 0 Å². The van der Waals surface area contributed by atoms with Crippen molar-refractivity contribution in [1.82, 2.24) is 0 Å². The molecule has 3 nitrogen and oxygen atoms in total. The van der Waals surface area contributed by atoms with Crippen molar-refractivity contribution in [3.63, 3.8) is 0 Å². The van der Waals surface area contributed by atoms with Crippen LogP contribution in [0.5, 0.6) is 0 Å². The second-order valence-corrected chi connectivity index (χ2v) is 8.01. The highest BCUT2D eigenvalue weighted by Crippen LogP contribution is 2.21. The zero-order valence-electron chi connectivity index (χ0n) is 17.5. The number of hydrogen-bond donors (Lipinski definition) is 3. The van der Waals surface area contributed by atoms with Gasteiger partial charge in [0.15, 0.2) is 0 Å². The van der Waals surface area contributed by atoms with E-state index in [1.54, 1.807) is 0 Å². The fourth-order valence-electron chi connectivity index (χ4n) is 3.67. The Hall–Kier alpha value is 0.170. The molecule has 0 atom stereocenters. The summed E-state index contributed by atoms with van der Waals surface area (Å²) >= 11 is 0. The van der Waals surface area contributed by atoms with Crippen molar-refractivity contribution in [2.75, 3.05) is 13.2 Å². The first-order valence-electron chi connectivity index (χ1n) is 11.2. The zero-order valence-corrected chi connectivity index (χ0v) is 18.3. The molecule has 4 heteroatoms. The Labute approximate surface area is 169 Å². The van der Waals surface area contributed by atoms with Gasteiger partial charge in [-0.25, -0.2) is 0 Å². The highest BCUT2D eigenvalue weighted by atomic mass is 35.5. The monoisotopic (exact) mass is 393 g/mol. The number of aliphatic hydroxyl groups excluding tert-OH is 2. The molecular formula is C22H48ClNO2. The molecule has 160 valence electrons. The lowest BCUT2D eigenvalue weighted by atomic mass is 9.87. The highest BCUT2D eigenvalue weighted by molar-refractivity contribution is 5.85. The van der Waals surface area contributed by atoms with Gasteiger partial charge in [0.1, 0.15) is 0 Å². The van der Waals surface area contributed by atoms with E-state index in [4.69, 9.17) is 15.9 Å². The van der Waals surface area contributed by atoms with Crippen LogP contribution in [0.3, 0.4) is 0 Å². The number of hydrogen-bond acceptors (Lipinski definition) is 3. The topological polar surface area (TPSA) is 66.5 Å². The number of rotatable bonds is 20. The van der Waals surface area contributed by atoms with Gasteiger partial charge in [0, 0.05) is 18.8 Å². The summed E-state index contributed by atoms with van der Waals surface area (Å²) in [6.07, 6.45) is 22.7. The van der Waals surface area contributed by atoms with Crippen LogP contribution in [-0.4, -0.2) is 29.0 Å². The lowest BCUT2D eigenvalue weighted by molar-refractivity contribution is 0.183. The lowest BCUT2D eigenvalue weighted by Crippen LogP contribution is -2.41. The highest BCUT2D eigenvalue weighted by Gasteiger charge is 2.22. The van der Waals surface area contributed by atoms with E-state index in [0.29, 0.717) is 12.8 Å². The van der Waals surface area contributed by atoms with Crippen molar-refractivity contribution in [2.45, 2.75) is 128 Å². The van der Waals surface area contributed by atoms with E-state index in [2.05, 4.69) is 6.92 Å². The smallest absolute Gasteiger partial charge is 0.0448 e.